The third-order valence-corrected chi connectivity index (χ3v) is 5.86. The molecule has 0 aliphatic carbocycles. The highest BCUT2D eigenvalue weighted by Gasteiger charge is 2.39. The Morgan fingerprint density at radius 3 is 2.16 bits per heavy atom. The van der Waals surface area contributed by atoms with E-state index in [0.29, 0.717) is 11.3 Å². The van der Waals surface area contributed by atoms with Crippen molar-refractivity contribution >= 4 is 29.5 Å². The summed E-state index contributed by atoms with van der Waals surface area (Å²) < 4.78 is 5.31. The maximum atomic E-state index is 14.0. The summed E-state index contributed by atoms with van der Waals surface area (Å²) in [6, 6.07) is 10.2. The van der Waals surface area contributed by atoms with E-state index >= 15 is 0 Å². The minimum Gasteiger partial charge on any atom is -0.444 e. The average molecular weight is 525 g/mol. The highest BCUT2D eigenvalue weighted by molar-refractivity contribution is 6.00. The molecule has 9 nitrogen and oxygen atoms in total. The summed E-state index contributed by atoms with van der Waals surface area (Å²) >= 11 is 0. The number of alkyl carbamates (subject to hydrolysis) is 1. The summed E-state index contributed by atoms with van der Waals surface area (Å²) in [7, 11) is 0. The Morgan fingerprint density at radius 2 is 1.61 bits per heavy atom. The molecule has 2 rings (SSSR count). The Hall–Kier alpha value is -3.88. The van der Waals surface area contributed by atoms with E-state index in [9.17, 15) is 19.2 Å². The lowest BCUT2D eigenvalue weighted by Gasteiger charge is -2.37. The van der Waals surface area contributed by atoms with E-state index < -0.39 is 54.0 Å². The number of benzene rings is 2. The molecule has 38 heavy (non-hydrogen) atoms. The molecule has 0 aromatic heterocycles. The van der Waals surface area contributed by atoms with Crippen LogP contribution in [-0.2, 0) is 19.1 Å². The lowest BCUT2D eigenvalue weighted by molar-refractivity contribution is -0.143. The molecule has 9 heteroatoms. The molecule has 206 valence electrons. The van der Waals surface area contributed by atoms with Crippen molar-refractivity contribution in [1.82, 2.24) is 10.2 Å². The summed E-state index contributed by atoms with van der Waals surface area (Å²) in [5, 5.41) is 5.45. The van der Waals surface area contributed by atoms with E-state index in [1.165, 1.54) is 4.90 Å². The monoisotopic (exact) mass is 524 g/mol. The van der Waals surface area contributed by atoms with E-state index in [1.54, 1.807) is 40.7 Å². The Bertz CT molecular complexity index is 1190. The number of carbonyl (C=O) groups excluding carboxylic acids is 4. The quantitative estimate of drug-likeness (QED) is 0.450. The number of nitrogens with two attached hydrogens (primary N) is 1. The number of carbonyl (C=O) groups is 4. The number of primary amides is 1. The first-order valence-electron chi connectivity index (χ1n) is 12.6. The molecule has 2 unspecified atom stereocenters. The standard InChI is InChI=1S/C29H40N4O5/c1-17(2)33(27(36)23(16-24(30)34)32-28(37)38-29(6,7)8)25(21-15-18(3)13-14-19(21)4)26(35)31-22-12-10-9-11-20(22)5/h9-15,17,23,25H,16H2,1-8H3,(H2,30,34)(H,31,35)(H,32,37). The Morgan fingerprint density at radius 1 is 0.974 bits per heavy atom. The topological polar surface area (TPSA) is 131 Å². The van der Waals surface area contributed by atoms with Crippen molar-refractivity contribution < 1.29 is 23.9 Å². The number of hydrogen-bond acceptors (Lipinski definition) is 5. The number of hydrogen-bond donors (Lipinski definition) is 3. The minimum atomic E-state index is -1.33. The molecule has 0 aliphatic heterocycles. The van der Waals surface area contributed by atoms with E-state index in [1.807, 2.05) is 57.2 Å². The van der Waals surface area contributed by atoms with Crippen LogP contribution in [0.4, 0.5) is 10.5 Å². The van der Waals surface area contributed by atoms with Crippen molar-refractivity contribution in [2.24, 2.45) is 5.73 Å². The van der Waals surface area contributed by atoms with Gasteiger partial charge < -0.3 is 26.0 Å². The number of para-hydroxylation sites is 1. The van der Waals surface area contributed by atoms with Crippen LogP contribution in [0, 0.1) is 20.8 Å². The van der Waals surface area contributed by atoms with Crippen LogP contribution in [-0.4, -0.2) is 46.4 Å². The van der Waals surface area contributed by atoms with Gasteiger partial charge in [0.15, 0.2) is 0 Å². The van der Waals surface area contributed by atoms with E-state index in [4.69, 9.17) is 10.5 Å². The second-order valence-corrected chi connectivity index (χ2v) is 10.8. The molecule has 0 radical (unpaired) electrons. The van der Waals surface area contributed by atoms with E-state index in [2.05, 4.69) is 10.6 Å². The van der Waals surface area contributed by atoms with Gasteiger partial charge in [-0.15, -0.1) is 0 Å². The normalized spacial score (nSPS) is 12.9. The van der Waals surface area contributed by atoms with Gasteiger partial charge in [-0.3, -0.25) is 14.4 Å². The van der Waals surface area contributed by atoms with E-state index in [0.717, 1.165) is 16.7 Å². The van der Waals surface area contributed by atoms with Gasteiger partial charge in [0.05, 0.1) is 6.42 Å². The third kappa shape index (κ3) is 8.33. The second kappa shape index (κ2) is 12.6. The number of anilines is 1. The smallest absolute Gasteiger partial charge is 0.408 e. The van der Waals surface area contributed by atoms with Crippen LogP contribution >= 0.6 is 0 Å². The molecule has 2 aromatic carbocycles. The molecule has 4 amide bonds. The van der Waals surface area contributed by atoms with Gasteiger partial charge in [-0.2, -0.15) is 0 Å². The molecule has 0 saturated heterocycles. The molecule has 2 aromatic rings. The highest BCUT2D eigenvalue weighted by Crippen LogP contribution is 2.30. The molecule has 0 bridgehead atoms. The molecular formula is C29H40N4O5. The van der Waals surface area contributed by atoms with Crippen LogP contribution in [0.5, 0.6) is 0 Å². The fourth-order valence-electron chi connectivity index (χ4n) is 4.10. The number of nitrogens with one attached hydrogen (secondary N) is 2. The van der Waals surface area contributed by atoms with Crippen molar-refractivity contribution in [3.63, 3.8) is 0 Å². The number of amides is 4. The van der Waals surface area contributed by atoms with Gasteiger partial charge in [0.2, 0.25) is 11.8 Å². The molecular weight excluding hydrogens is 484 g/mol. The fraction of sp³-hybridized carbons (Fsp3) is 0.448. The molecule has 0 aliphatic rings. The van der Waals surface area contributed by atoms with Gasteiger partial charge >= 0.3 is 6.09 Å². The third-order valence-electron chi connectivity index (χ3n) is 5.86. The second-order valence-electron chi connectivity index (χ2n) is 10.8. The maximum absolute atomic E-state index is 14.0. The predicted molar refractivity (Wildman–Crippen MR) is 147 cm³/mol. The Balaban J connectivity index is 2.60. The van der Waals surface area contributed by atoms with Crippen molar-refractivity contribution in [3.05, 3.63) is 64.7 Å². The van der Waals surface area contributed by atoms with Crippen LogP contribution in [0.3, 0.4) is 0 Å². The van der Waals surface area contributed by atoms with Gasteiger partial charge in [-0.25, -0.2) is 4.79 Å². The molecule has 0 heterocycles. The zero-order valence-corrected chi connectivity index (χ0v) is 23.5. The minimum absolute atomic E-state index is 0.426. The lowest BCUT2D eigenvalue weighted by Crippen LogP contribution is -2.55. The Kier molecular flexibility index (Phi) is 10.0. The number of rotatable bonds is 9. The molecule has 0 spiro atoms. The lowest BCUT2D eigenvalue weighted by atomic mass is 9.94. The SMILES string of the molecule is Cc1ccc(C)c(C(C(=O)Nc2ccccc2C)N(C(=O)C(CC(N)=O)NC(=O)OC(C)(C)C)C(C)C)c1. The van der Waals surface area contributed by atoms with Crippen LogP contribution in [0.15, 0.2) is 42.5 Å². The molecule has 0 saturated carbocycles. The first-order valence-corrected chi connectivity index (χ1v) is 12.6. The van der Waals surface area contributed by atoms with Gasteiger partial charge in [-0.05, 0) is 78.1 Å². The van der Waals surface area contributed by atoms with Gasteiger partial charge in [0.1, 0.15) is 17.7 Å². The van der Waals surface area contributed by atoms with Crippen LogP contribution in [0.25, 0.3) is 0 Å². The van der Waals surface area contributed by atoms with Crippen molar-refractivity contribution in [1.29, 1.82) is 0 Å². The zero-order valence-electron chi connectivity index (χ0n) is 23.5. The largest absolute Gasteiger partial charge is 0.444 e. The summed E-state index contributed by atoms with van der Waals surface area (Å²) in [4.78, 5) is 53.8. The summed E-state index contributed by atoms with van der Waals surface area (Å²) in [5.74, 6) is -1.84. The van der Waals surface area contributed by atoms with Crippen LogP contribution < -0.4 is 16.4 Å². The van der Waals surface area contributed by atoms with Crippen molar-refractivity contribution in [2.75, 3.05) is 5.32 Å². The van der Waals surface area contributed by atoms with Crippen molar-refractivity contribution in [3.8, 4) is 0 Å². The number of aryl methyl sites for hydroxylation is 3. The van der Waals surface area contributed by atoms with Crippen molar-refractivity contribution in [2.45, 2.75) is 85.5 Å². The summed E-state index contributed by atoms with van der Waals surface area (Å²) in [5.41, 5.74) is 8.45. The number of ether oxygens (including phenoxy) is 1. The Labute approximate surface area is 225 Å². The van der Waals surface area contributed by atoms with Gasteiger partial charge in [0.25, 0.3) is 5.91 Å². The number of nitrogens with zero attached hydrogens (tertiary/aromatic N) is 1. The van der Waals surface area contributed by atoms with Gasteiger partial charge in [0, 0.05) is 11.7 Å². The van der Waals surface area contributed by atoms with Crippen LogP contribution in [0.1, 0.15) is 69.3 Å². The van der Waals surface area contributed by atoms with Gasteiger partial charge in [-0.1, -0.05) is 42.0 Å². The van der Waals surface area contributed by atoms with E-state index in [-0.39, 0.29) is 0 Å². The summed E-state index contributed by atoms with van der Waals surface area (Å²) in [6.45, 7) is 14.2. The maximum Gasteiger partial charge on any atom is 0.408 e. The van der Waals surface area contributed by atoms with Crippen LogP contribution in [0.2, 0.25) is 0 Å². The molecule has 2 atom stereocenters. The fourth-order valence-corrected chi connectivity index (χ4v) is 4.10. The average Bonchev–Trinajstić information content (AvgIpc) is 2.78. The molecule has 0 fully saturated rings. The highest BCUT2D eigenvalue weighted by atomic mass is 16.6. The zero-order chi connectivity index (χ0) is 28.8. The molecule has 4 N–H and O–H groups in total. The first-order chi connectivity index (χ1) is 17.6. The predicted octanol–water partition coefficient (Wildman–Crippen LogP) is 4.30. The summed E-state index contributed by atoms with van der Waals surface area (Å²) in [6.07, 6.45) is -1.33. The first kappa shape index (κ1) is 30.3.